The molecular weight excluding hydrogens is 274 g/mol. The Hall–Kier alpha value is -0.620. The van der Waals surface area contributed by atoms with Crippen LogP contribution in [0.5, 0.6) is 0 Å². The van der Waals surface area contributed by atoms with Gasteiger partial charge in [-0.25, -0.2) is 8.42 Å². The van der Waals surface area contributed by atoms with Crippen molar-refractivity contribution in [3.05, 3.63) is 29.8 Å². The molecule has 0 radical (unpaired) electrons. The molecule has 18 heavy (non-hydrogen) atoms. The number of aliphatic hydroxyl groups is 1. The molecule has 1 aromatic carbocycles. The van der Waals surface area contributed by atoms with Gasteiger partial charge < -0.3 is 10.8 Å². The van der Waals surface area contributed by atoms with E-state index in [0.29, 0.717) is 0 Å². The molecule has 0 bridgehead atoms. The van der Waals surface area contributed by atoms with E-state index in [1.807, 2.05) is 13.8 Å². The molecule has 0 amide bonds. The summed E-state index contributed by atoms with van der Waals surface area (Å²) in [6, 6.07) is 6.13. The van der Waals surface area contributed by atoms with Gasteiger partial charge in [0.05, 0.1) is 4.90 Å². The number of aliphatic hydroxyl groups excluding tert-OH is 1. The van der Waals surface area contributed by atoms with Crippen molar-refractivity contribution in [2.75, 3.05) is 12.9 Å². The molecule has 0 aliphatic carbocycles. The first-order valence-electron chi connectivity index (χ1n) is 5.35. The van der Waals surface area contributed by atoms with Crippen LogP contribution >= 0.6 is 12.4 Å². The fraction of sp³-hybridized carbons (Fsp3) is 0.500. The van der Waals surface area contributed by atoms with Crippen molar-refractivity contribution in [1.29, 1.82) is 0 Å². The molecule has 0 unspecified atom stereocenters. The quantitative estimate of drug-likeness (QED) is 0.882. The van der Waals surface area contributed by atoms with Gasteiger partial charge in [0.15, 0.2) is 9.84 Å². The second-order valence-electron chi connectivity index (χ2n) is 4.97. The molecule has 3 N–H and O–H groups in total. The normalized spacial score (nSPS) is 13.8. The molecule has 6 heteroatoms. The van der Waals surface area contributed by atoms with Gasteiger partial charge in [-0.3, -0.25) is 0 Å². The molecule has 0 aliphatic heterocycles. The Morgan fingerprint density at radius 1 is 1.28 bits per heavy atom. The SMILES string of the molecule is CC(C)(CO)[C@H](N)c1ccc(S(C)(=O)=O)cc1.Cl. The summed E-state index contributed by atoms with van der Waals surface area (Å²) in [4.78, 5) is 0.273. The van der Waals surface area contributed by atoms with Gasteiger partial charge in [0.2, 0.25) is 0 Å². The number of sulfone groups is 1. The lowest BCUT2D eigenvalue weighted by Crippen LogP contribution is -2.32. The summed E-state index contributed by atoms with van der Waals surface area (Å²) in [5.74, 6) is 0. The first-order valence-corrected chi connectivity index (χ1v) is 7.24. The summed E-state index contributed by atoms with van der Waals surface area (Å²) >= 11 is 0. The first-order chi connectivity index (χ1) is 7.68. The highest BCUT2D eigenvalue weighted by Gasteiger charge is 2.27. The van der Waals surface area contributed by atoms with E-state index >= 15 is 0 Å². The molecule has 4 nitrogen and oxygen atoms in total. The summed E-state index contributed by atoms with van der Waals surface area (Å²) in [6.45, 7) is 3.70. The molecule has 0 aromatic heterocycles. The molecule has 0 fully saturated rings. The average molecular weight is 294 g/mol. The maximum atomic E-state index is 11.3. The Kier molecular flexibility index (Phi) is 5.81. The lowest BCUT2D eigenvalue weighted by Gasteiger charge is -2.29. The summed E-state index contributed by atoms with van der Waals surface area (Å²) in [5.41, 5.74) is 6.41. The highest BCUT2D eigenvalue weighted by molar-refractivity contribution is 7.90. The largest absolute Gasteiger partial charge is 0.396 e. The highest BCUT2D eigenvalue weighted by Crippen LogP contribution is 2.30. The molecule has 0 saturated heterocycles. The van der Waals surface area contributed by atoms with Crippen LogP contribution in [-0.2, 0) is 9.84 Å². The Bertz CT molecular complexity index is 483. The second-order valence-corrected chi connectivity index (χ2v) is 6.98. The monoisotopic (exact) mass is 293 g/mol. The van der Waals surface area contributed by atoms with Gasteiger partial charge in [-0.05, 0) is 17.7 Å². The van der Waals surface area contributed by atoms with E-state index < -0.39 is 15.3 Å². The number of hydrogen-bond donors (Lipinski definition) is 2. The summed E-state index contributed by atoms with van der Waals surface area (Å²) in [7, 11) is -3.18. The summed E-state index contributed by atoms with van der Waals surface area (Å²) < 4.78 is 22.6. The molecule has 1 atom stereocenters. The van der Waals surface area contributed by atoms with Crippen molar-refractivity contribution in [2.24, 2.45) is 11.1 Å². The fourth-order valence-corrected chi connectivity index (χ4v) is 2.10. The van der Waals surface area contributed by atoms with Gasteiger partial charge in [-0.2, -0.15) is 0 Å². The zero-order valence-electron chi connectivity index (χ0n) is 10.8. The lowest BCUT2D eigenvalue weighted by molar-refractivity contribution is 0.132. The van der Waals surface area contributed by atoms with Crippen molar-refractivity contribution in [3.63, 3.8) is 0 Å². The Morgan fingerprint density at radius 3 is 2.06 bits per heavy atom. The number of rotatable bonds is 4. The number of halogens is 1. The van der Waals surface area contributed by atoms with E-state index in [1.54, 1.807) is 12.1 Å². The van der Waals surface area contributed by atoms with Crippen LogP contribution in [0.1, 0.15) is 25.5 Å². The molecule has 0 saturated carbocycles. The zero-order chi connectivity index (χ0) is 13.3. The minimum absolute atomic E-state index is 0. The van der Waals surface area contributed by atoms with E-state index in [1.165, 1.54) is 18.4 Å². The predicted octanol–water partition coefficient (Wildman–Crippen LogP) is 1.53. The van der Waals surface area contributed by atoms with Crippen molar-refractivity contribution in [1.82, 2.24) is 0 Å². The molecule has 0 spiro atoms. The summed E-state index contributed by atoms with van der Waals surface area (Å²) in [6.07, 6.45) is 1.17. The van der Waals surface area contributed by atoms with Gasteiger partial charge in [0, 0.05) is 24.3 Å². The summed E-state index contributed by atoms with van der Waals surface area (Å²) in [5, 5.41) is 9.23. The van der Waals surface area contributed by atoms with Gasteiger partial charge in [0.25, 0.3) is 0 Å². The van der Waals surface area contributed by atoms with Crippen molar-refractivity contribution in [3.8, 4) is 0 Å². The van der Waals surface area contributed by atoms with Crippen LogP contribution in [0, 0.1) is 5.41 Å². The van der Waals surface area contributed by atoms with Gasteiger partial charge in [0.1, 0.15) is 0 Å². The van der Waals surface area contributed by atoms with Crippen LogP contribution in [0.15, 0.2) is 29.2 Å². The number of hydrogen-bond acceptors (Lipinski definition) is 4. The smallest absolute Gasteiger partial charge is 0.175 e. The van der Waals surface area contributed by atoms with Crippen LogP contribution < -0.4 is 5.73 Å². The molecular formula is C12H20ClNO3S. The van der Waals surface area contributed by atoms with E-state index in [2.05, 4.69) is 0 Å². The average Bonchev–Trinajstić information content (AvgIpc) is 2.27. The highest BCUT2D eigenvalue weighted by atomic mass is 35.5. The maximum absolute atomic E-state index is 11.3. The van der Waals surface area contributed by atoms with Gasteiger partial charge in [-0.1, -0.05) is 26.0 Å². The zero-order valence-corrected chi connectivity index (χ0v) is 12.4. The molecule has 0 heterocycles. The predicted molar refractivity (Wildman–Crippen MR) is 74.6 cm³/mol. The molecule has 104 valence electrons. The van der Waals surface area contributed by atoms with Gasteiger partial charge >= 0.3 is 0 Å². The topological polar surface area (TPSA) is 80.4 Å². The van der Waals surface area contributed by atoms with Crippen molar-refractivity contribution >= 4 is 22.2 Å². The molecule has 1 rings (SSSR count). The minimum atomic E-state index is -3.18. The lowest BCUT2D eigenvalue weighted by atomic mass is 9.82. The Morgan fingerprint density at radius 2 is 1.72 bits per heavy atom. The minimum Gasteiger partial charge on any atom is -0.396 e. The first kappa shape index (κ1) is 17.4. The Labute approximate surface area is 115 Å². The van der Waals surface area contributed by atoms with Gasteiger partial charge in [-0.15, -0.1) is 12.4 Å². The van der Waals surface area contributed by atoms with E-state index in [9.17, 15) is 13.5 Å². The molecule has 0 aliphatic rings. The standard InChI is InChI=1S/C12H19NO3S.ClH/c1-12(2,8-14)11(13)9-4-6-10(7-5-9)17(3,15)16;/h4-7,11,14H,8,13H2,1-3H3;1H/t11-;/m1./s1. The van der Waals surface area contributed by atoms with Crippen LogP contribution in [0.4, 0.5) is 0 Å². The Balaban J connectivity index is 0.00000289. The van der Waals surface area contributed by atoms with Crippen LogP contribution in [0.3, 0.4) is 0 Å². The van der Waals surface area contributed by atoms with Crippen LogP contribution in [0.2, 0.25) is 0 Å². The van der Waals surface area contributed by atoms with Crippen molar-refractivity contribution in [2.45, 2.75) is 24.8 Å². The molecule has 1 aromatic rings. The number of nitrogens with two attached hydrogens (primary N) is 1. The third kappa shape index (κ3) is 3.95. The van der Waals surface area contributed by atoms with E-state index in [0.717, 1.165) is 5.56 Å². The van der Waals surface area contributed by atoms with E-state index in [-0.39, 0.29) is 30.0 Å². The maximum Gasteiger partial charge on any atom is 0.175 e. The third-order valence-corrected chi connectivity index (χ3v) is 4.05. The second kappa shape index (κ2) is 6.02. The number of benzene rings is 1. The third-order valence-electron chi connectivity index (χ3n) is 2.92. The fourth-order valence-electron chi connectivity index (χ4n) is 1.47. The van der Waals surface area contributed by atoms with Crippen molar-refractivity contribution < 1.29 is 13.5 Å². The van der Waals surface area contributed by atoms with Crippen LogP contribution in [0.25, 0.3) is 0 Å². The van der Waals surface area contributed by atoms with Crippen LogP contribution in [-0.4, -0.2) is 26.4 Å². The van der Waals surface area contributed by atoms with E-state index in [4.69, 9.17) is 5.73 Å².